The minimum absolute atomic E-state index is 0.0629. The molecule has 106 valence electrons. The van der Waals surface area contributed by atoms with E-state index in [1.54, 1.807) is 0 Å². The predicted octanol–water partition coefficient (Wildman–Crippen LogP) is 1.13. The summed E-state index contributed by atoms with van der Waals surface area (Å²) in [5.74, 6) is -2.28. The van der Waals surface area contributed by atoms with E-state index in [1.165, 1.54) is 42.7 Å². The molecule has 0 saturated carbocycles. The summed E-state index contributed by atoms with van der Waals surface area (Å²) in [6, 6.07) is 6.96. The normalized spacial score (nSPS) is 9.90. The van der Waals surface area contributed by atoms with Crippen molar-refractivity contribution in [3.8, 4) is 0 Å². The van der Waals surface area contributed by atoms with Crippen molar-refractivity contribution >= 4 is 23.5 Å². The van der Waals surface area contributed by atoms with Crippen LogP contribution in [0.25, 0.3) is 0 Å². The fraction of sp³-hybridized carbons (Fsp3) is 0. The molecule has 1 aromatic heterocycles. The van der Waals surface area contributed by atoms with Crippen LogP contribution in [0.2, 0.25) is 0 Å². The predicted molar refractivity (Wildman–Crippen MR) is 74.1 cm³/mol. The average Bonchev–Trinajstić information content (AvgIpc) is 2.47. The summed E-state index contributed by atoms with van der Waals surface area (Å²) in [6.45, 7) is 0. The molecule has 0 saturated heterocycles. The Morgan fingerprint density at radius 1 is 1.05 bits per heavy atom. The lowest BCUT2D eigenvalue weighted by Crippen LogP contribution is -2.16. The summed E-state index contributed by atoms with van der Waals surface area (Å²) in [7, 11) is 0. The van der Waals surface area contributed by atoms with Crippen molar-refractivity contribution in [2.45, 2.75) is 0 Å². The van der Waals surface area contributed by atoms with Gasteiger partial charge in [-0.05, 0) is 30.3 Å². The molecule has 4 N–H and O–H groups in total. The number of rotatable bonds is 4. The molecule has 0 aliphatic carbocycles. The molecule has 2 amide bonds. The number of hydrogen-bond donors (Lipinski definition) is 3. The number of amides is 2. The highest BCUT2D eigenvalue weighted by molar-refractivity contribution is 6.08. The standard InChI is InChI=1S/C14H11N3O4/c15-12(18)8-1-3-9(4-2-8)13(19)17-11-7-16-6-5-10(11)14(20)21/h1-7H,(H2,15,18)(H,17,19)(H,20,21). The zero-order valence-electron chi connectivity index (χ0n) is 10.7. The molecule has 0 aliphatic heterocycles. The molecule has 0 fully saturated rings. The first kappa shape index (κ1) is 14.2. The van der Waals surface area contributed by atoms with Crippen LogP contribution in [0.5, 0.6) is 0 Å². The molecule has 1 heterocycles. The van der Waals surface area contributed by atoms with Gasteiger partial charge >= 0.3 is 5.97 Å². The first-order chi connectivity index (χ1) is 9.99. The molecule has 0 aliphatic rings. The molecular formula is C14H11N3O4. The molecule has 7 heteroatoms. The molecule has 0 unspecified atom stereocenters. The van der Waals surface area contributed by atoms with Crippen LogP contribution in [0.3, 0.4) is 0 Å². The van der Waals surface area contributed by atoms with Crippen LogP contribution in [0.1, 0.15) is 31.1 Å². The van der Waals surface area contributed by atoms with Gasteiger partial charge in [0.1, 0.15) is 0 Å². The van der Waals surface area contributed by atoms with Crippen LogP contribution in [-0.2, 0) is 0 Å². The van der Waals surface area contributed by atoms with Gasteiger partial charge in [0.15, 0.2) is 0 Å². The van der Waals surface area contributed by atoms with Crippen molar-refractivity contribution in [3.05, 3.63) is 59.4 Å². The van der Waals surface area contributed by atoms with E-state index in [1.807, 2.05) is 0 Å². The number of primary amides is 1. The first-order valence-corrected chi connectivity index (χ1v) is 5.87. The first-order valence-electron chi connectivity index (χ1n) is 5.87. The number of aromatic nitrogens is 1. The number of carboxylic acid groups (broad SMARTS) is 1. The summed E-state index contributed by atoms with van der Waals surface area (Å²) in [4.78, 5) is 37.8. The van der Waals surface area contributed by atoms with Gasteiger partial charge in [0.05, 0.1) is 17.4 Å². The smallest absolute Gasteiger partial charge is 0.337 e. The quantitative estimate of drug-likeness (QED) is 0.777. The van der Waals surface area contributed by atoms with Crippen molar-refractivity contribution in [3.63, 3.8) is 0 Å². The minimum atomic E-state index is -1.17. The van der Waals surface area contributed by atoms with Crippen LogP contribution in [0.15, 0.2) is 42.7 Å². The van der Waals surface area contributed by atoms with E-state index in [-0.39, 0.29) is 22.4 Å². The molecule has 2 aromatic rings. The number of aromatic carboxylic acids is 1. The van der Waals surface area contributed by atoms with E-state index >= 15 is 0 Å². The Hall–Kier alpha value is -3.22. The Kier molecular flexibility index (Phi) is 3.94. The number of nitrogens with two attached hydrogens (primary N) is 1. The number of carboxylic acids is 1. The van der Waals surface area contributed by atoms with Crippen molar-refractivity contribution in [1.29, 1.82) is 0 Å². The van der Waals surface area contributed by atoms with Crippen molar-refractivity contribution in [1.82, 2.24) is 4.98 Å². The number of hydrogen-bond acceptors (Lipinski definition) is 4. The Morgan fingerprint density at radius 2 is 1.67 bits per heavy atom. The molecule has 0 atom stereocenters. The van der Waals surface area contributed by atoms with Gasteiger partial charge in [0, 0.05) is 17.3 Å². The second-order valence-electron chi connectivity index (χ2n) is 4.12. The Bertz CT molecular complexity index is 710. The molecule has 7 nitrogen and oxygen atoms in total. The van der Waals surface area contributed by atoms with Crippen LogP contribution >= 0.6 is 0 Å². The molecule has 2 rings (SSSR count). The zero-order chi connectivity index (χ0) is 15.4. The topological polar surface area (TPSA) is 122 Å². The zero-order valence-corrected chi connectivity index (χ0v) is 10.7. The van der Waals surface area contributed by atoms with Gasteiger partial charge in [-0.15, -0.1) is 0 Å². The van der Waals surface area contributed by atoms with Crippen LogP contribution in [0, 0.1) is 0 Å². The average molecular weight is 285 g/mol. The van der Waals surface area contributed by atoms with E-state index in [0.717, 1.165) is 0 Å². The van der Waals surface area contributed by atoms with Crippen molar-refractivity contribution in [2.75, 3.05) is 5.32 Å². The maximum Gasteiger partial charge on any atom is 0.337 e. The fourth-order valence-corrected chi connectivity index (χ4v) is 1.66. The van der Waals surface area contributed by atoms with Crippen molar-refractivity contribution in [2.24, 2.45) is 5.73 Å². The second kappa shape index (κ2) is 5.83. The largest absolute Gasteiger partial charge is 0.478 e. The fourth-order valence-electron chi connectivity index (χ4n) is 1.66. The number of pyridine rings is 1. The highest BCUT2D eigenvalue weighted by atomic mass is 16.4. The van der Waals surface area contributed by atoms with E-state index in [0.29, 0.717) is 0 Å². The van der Waals surface area contributed by atoms with Gasteiger partial charge in [-0.2, -0.15) is 0 Å². The number of nitrogens with zero attached hydrogens (tertiary/aromatic N) is 1. The number of benzene rings is 1. The number of carbonyl (C=O) groups is 3. The van der Waals surface area contributed by atoms with Crippen LogP contribution < -0.4 is 11.1 Å². The summed E-state index contributed by atoms with van der Waals surface area (Å²) >= 11 is 0. The third-order valence-electron chi connectivity index (χ3n) is 2.73. The van der Waals surface area contributed by atoms with Crippen LogP contribution in [0.4, 0.5) is 5.69 Å². The molecule has 0 bridgehead atoms. The van der Waals surface area contributed by atoms with Gasteiger partial charge < -0.3 is 16.2 Å². The summed E-state index contributed by atoms with van der Waals surface area (Å²) in [6.07, 6.45) is 2.57. The van der Waals surface area contributed by atoms with Gasteiger partial charge in [-0.3, -0.25) is 14.6 Å². The van der Waals surface area contributed by atoms with E-state index in [9.17, 15) is 14.4 Å². The molecule has 1 aromatic carbocycles. The lowest BCUT2D eigenvalue weighted by Gasteiger charge is -2.07. The molecule has 21 heavy (non-hydrogen) atoms. The SMILES string of the molecule is NC(=O)c1ccc(C(=O)Nc2cnccc2C(=O)O)cc1. The third kappa shape index (κ3) is 3.21. The third-order valence-corrected chi connectivity index (χ3v) is 2.73. The maximum absolute atomic E-state index is 12.0. The number of anilines is 1. The highest BCUT2D eigenvalue weighted by Gasteiger charge is 2.13. The Balaban J connectivity index is 2.22. The molecule has 0 radical (unpaired) electrons. The second-order valence-corrected chi connectivity index (χ2v) is 4.12. The van der Waals surface area contributed by atoms with Gasteiger partial charge in [0.25, 0.3) is 5.91 Å². The van der Waals surface area contributed by atoms with E-state index in [2.05, 4.69) is 10.3 Å². The lowest BCUT2D eigenvalue weighted by molar-refractivity contribution is 0.0697. The number of carbonyl (C=O) groups excluding carboxylic acids is 2. The molecule has 0 spiro atoms. The lowest BCUT2D eigenvalue weighted by atomic mass is 10.1. The van der Waals surface area contributed by atoms with Gasteiger partial charge in [-0.1, -0.05) is 0 Å². The van der Waals surface area contributed by atoms with Gasteiger partial charge in [0.2, 0.25) is 5.91 Å². The monoisotopic (exact) mass is 285 g/mol. The van der Waals surface area contributed by atoms with Gasteiger partial charge in [-0.25, -0.2) is 4.79 Å². The Labute approximate surface area is 119 Å². The van der Waals surface area contributed by atoms with Crippen molar-refractivity contribution < 1.29 is 19.5 Å². The minimum Gasteiger partial charge on any atom is -0.478 e. The maximum atomic E-state index is 12.0. The molecular weight excluding hydrogens is 274 g/mol. The summed E-state index contributed by atoms with van der Waals surface area (Å²) in [5, 5.41) is 11.5. The summed E-state index contributed by atoms with van der Waals surface area (Å²) < 4.78 is 0. The number of nitrogens with one attached hydrogen (secondary N) is 1. The summed E-state index contributed by atoms with van der Waals surface area (Å²) in [5.41, 5.74) is 5.67. The van der Waals surface area contributed by atoms with E-state index in [4.69, 9.17) is 10.8 Å². The van der Waals surface area contributed by atoms with E-state index < -0.39 is 17.8 Å². The Morgan fingerprint density at radius 3 is 2.24 bits per heavy atom. The highest BCUT2D eigenvalue weighted by Crippen LogP contribution is 2.15. The van der Waals surface area contributed by atoms with Crippen LogP contribution in [-0.4, -0.2) is 27.9 Å².